The van der Waals surface area contributed by atoms with E-state index in [1.54, 1.807) is 0 Å². The summed E-state index contributed by atoms with van der Waals surface area (Å²) in [5.74, 6) is 0. The molecule has 0 spiro atoms. The maximum Gasteiger partial charge on any atom is 0.226 e. The highest BCUT2D eigenvalue weighted by atomic mass is 31.2. The quantitative estimate of drug-likeness (QED) is 0.760. The van der Waals surface area contributed by atoms with Crippen molar-refractivity contribution in [2.45, 2.75) is 27.2 Å². The molecule has 0 amide bonds. The summed E-state index contributed by atoms with van der Waals surface area (Å²) in [6, 6.07) is 14.9. The van der Waals surface area contributed by atoms with Gasteiger partial charge in [0.25, 0.3) is 0 Å². The van der Waals surface area contributed by atoms with E-state index in [0.29, 0.717) is 17.0 Å². The maximum absolute atomic E-state index is 13.5. The van der Waals surface area contributed by atoms with Crippen molar-refractivity contribution < 1.29 is 9.36 Å². The van der Waals surface area contributed by atoms with Crippen molar-refractivity contribution in [1.29, 1.82) is 0 Å². The van der Waals surface area contributed by atoms with Gasteiger partial charge in [0.05, 0.1) is 0 Å². The first-order valence-corrected chi connectivity index (χ1v) is 9.15. The summed E-state index contributed by atoms with van der Waals surface area (Å²) in [7, 11) is -3.08. The van der Waals surface area contributed by atoms with E-state index in [4.69, 9.17) is 0 Å². The third kappa shape index (κ3) is 3.01. The fourth-order valence-corrected chi connectivity index (χ4v) is 5.36. The first-order valence-electron chi connectivity index (χ1n) is 7.26. The summed E-state index contributed by atoms with van der Waals surface area (Å²) in [4.78, 5) is 13.0. The molecule has 2 rings (SSSR count). The van der Waals surface area contributed by atoms with Crippen LogP contribution in [0.5, 0.6) is 0 Å². The monoisotopic (exact) mass is 300 g/mol. The van der Waals surface area contributed by atoms with E-state index in [1.165, 1.54) is 0 Å². The van der Waals surface area contributed by atoms with Gasteiger partial charge in [0.15, 0.2) is 7.14 Å². The van der Waals surface area contributed by atoms with Crippen LogP contribution in [0.3, 0.4) is 0 Å². The van der Waals surface area contributed by atoms with Gasteiger partial charge in [-0.05, 0) is 31.4 Å². The lowest BCUT2D eigenvalue weighted by atomic mass is 10.0. The molecule has 0 saturated heterocycles. The lowest BCUT2D eigenvalue weighted by Crippen LogP contribution is -2.17. The van der Waals surface area contributed by atoms with Gasteiger partial charge in [0, 0.05) is 17.0 Å². The summed E-state index contributed by atoms with van der Waals surface area (Å²) in [5, 5.41) is 0.666. The lowest BCUT2D eigenvalue weighted by Gasteiger charge is -2.19. The molecule has 0 N–H and O–H groups in total. The Bertz CT molecular complexity index is 669. The molecule has 2 aromatic rings. The van der Waals surface area contributed by atoms with Gasteiger partial charge in [-0.2, -0.15) is 0 Å². The van der Waals surface area contributed by atoms with Crippen molar-refractivity contribution >= 4 is 18.0 Å². The largest absolute Gasteiger partial charge is 0.310 e. The Labute approximate surface area is 126 Å². The molecule has 0 radical (unpaired) electrons. The first-order chi connectivity index (χ1) is 10.0. The number of benzene rings is 2. The molecular formula is C18H21O2P. The molecule has 0 aliphatic carbocycles. The Balaban J connectivity index is 2.59. The second-order valence-electron chi connectivity index (χ2n) is 5.37. The van der Waals surface area contributed by atoms with Crippen LogP contribution in [0.2, 0.25) is 0 Å². The van der Waals surface area contributed by atoms with Crippen LogP contribution in [0.25, 0.3) is 0 Å². The van der Waals surface area contributed by atoms with Crippen molar-refractivity contribution in [3.8, 4) is 0 Å². The van der Waals surface area contributed by atoms with E-state index < -0.39 is 7.14 Å². The molecule has 2 nitrogen and oxygen atoms in total. The summed E-state index contributed by atoms with van der Waals surface area (Å²) >= 11 is 0. The number of aryl methyl sites for hydroxylation is 2. The lowest BCUT2D eigenvalue weighted by molar-refractivity contribution is 0.107. The Morgan fingerprint density at radius 2 is 1.52 bits per heavy atom. The highest BCUT2D eigenvalue weighted by Gasteiger charge is 2.34. The van der Waals surface area contributed by atoms with Gasteiger partial charge in [-0.15, -0.1) is 0 Å². The smallest absolute Gasteiger partial charge is 0.226 e. The molecular weight excluding hydrogens is 279 g/mol. The van der Waals surface area contributed by atoms with Gasteiger partial charge in [0.2, 0.25) is 5.52 Å². The zero-order valence-electron chi connectivity index (χ0n) is 12.8. The van der Waals surface area contributed by atoms with Crippen LogP contribution in [-0.2, 0) is 4.57 Å². The third-order valence-electron chi connectivity index (χ3n) is 3.73. The molecule has 0 aromatic heterocycles. The normalized spacial score (nSPS) is 13.7. The molecule has 0 aliphatic heterocycles. The number of hydrogen-bond acceptors (Lipinski definition) is 2. The topological polar surface area (TPSA) is 34.1 Å². The number of hydrogen-bond donors (Lipinski definition) is 0. The summed E-state index contributed by atoms with van der Waals surface area (Å²) in [5.41, 5.74) is 2.21. The van der Waals surface area contributed by atoms with Gasteiger partial charge in [-0.1, -0.05) is 55.5 Å². The molecule has 0 fully saturated rings. The van der Waals surface area contributed by atoms with Crippen LogP contribution >= 0.6 is 7.14 Å². The molecule has 3 heteroatoms. The molecule has 1 unspecified atom stereocenters. The van der Waals surface area contributed by atoms with Crippen LogP contribution in [-0.4, -0.2) is 11.7 Å². The Hall–Kier alpha value is -1.66. The van der Waals surface area contributed by atoms with E-state index in [0.717, 1.165) is 17.5 Å². The average molecular weight is 300 g/mol. The maximum atomic E-state index is 13.5. The summed E-state index contributed by atoms with van der Waals surface area (Å²) in [6.07, 6.45) is 1.15. The third-order valence-corrected chi connectivity index (χ3v) is 6.82. The molecule has 1 atom stereocenters. The van der Waals surface area contributed by atoms with Crippen LogP contribution in [0.1, 0.15) is 34.8 Å². The van der Waals surface area contributed by atoms with E-state index >= 15 is 0 Å². The van der Waals surface area contributed by atoms with Gasteiger partial charge in [-0.3, -0.25) is 4.79 Å². The average Bonchev–Trinajstić information content (AvgIpc) is 2.48. The SMILES string of the molecule is CCCP(=O)(C(=O)c1c(C)cccc1C)c1ccccc1. The van der Waals surface area contributed by atoms with E-state index in [2.05, 4.69) is 0 Å². The minimum Gasteiger partial charge on any atom is -0.310 e. The van der Waals surface area contributed by atoms with Crippen LogP contribution in [0, 0.1) is 13.8 Å². The zero-order chi connectivity index (χ0) is 15.5. The zero-order valence-corrected chi connectivity index (χ0v) is 13.7. The van der Waals surface area contributed by atoms with Gasteiger partial charge >= 0.3 is 0 Å². The van der Waals surface area contributed by atoms with Crippen molar-refractivity contribution in [3.63, 3.8) is 0 Å². The molecule has 0 bridgehead atoms. The van der Waals surface area contributed by atoms with Crippen LogP contribution in [0.15, 0.2) is 48.5 Å². The van der Waals surface area contributed by atoms with Crippen LogP contribution < -0.4 is 5.30 Å². The highest BCUT2D eigenvalue weighted by Crippen LogP contribution is 2.49. The Morgan fingerprint density at radius 3 is 2.05 bits per heavy atom. The van der Waals surface area contributed by atoms with Crippen molar-refractivity contribution in [2.24, 2.45) is 0 Å². The van der Waals surface area contributed by atoms with E-state index in [9.17, 15) is 9.36 Å². The van der Waals surface area contributed by atoms with E-state index in [1.807, 2.05) is 69.3 Å². The standard InChI is InChI=1S/C18H21O2P/c1-4-13-21(20,16-11-6-5-7-12-16)18(19)17-14(2)9-8-10-15(17)3/h5-12H,4,13H2,1-3H3. The van der Waals surface area contributed by atoms with Crippen molar-refractivity contribution in [1.82, 2.24) is 0 Å². The minimum atomic E-state index is -3.08. The summed E-state index contributed by atoms with van der Waals surface area (Å²) < 4.78 is 13.5. The molecule has 110 valence electrons. The molecule has 0 saturated carbocycles. The fraction of sp³-hybridized carbons (Fsp3) is 0.278. The highest BCUT2D eigenvalue weighted by molar-refractivity contribution is 7.87. The Kier molecular flexibility index (Phi) is 4.80. The second kappa shape index (κ2) is 6.41. The first kappa shape index (κ1) is 15.7. The fourth-order valence-electron chi connectivity index (χ4n) is 2.66. The number of carbonyl (C=O) groups is 1. The van der Waals surface area contributed by atoms with Gasteiger partial charge in [-0.25, -0.2) is 0 Å². The number of carbonyl (C=O) groups excluding carboxylic acids is 1. The molecule has 0 heterocycles. The second-order valence-corrected chi connectivity index (χ2v) is 8.22. The minimum absolute atomic E-state index is 0.203. The van der Waals surface area contributed by atoms with Gasteiger partial charge in [0.1, 0.15) is 0 Å². The predicted octanol–water partition coefficient (Wildman–Crippen LogP) is 4.54. The van der Waals surface area contributed by atoms with Crippen molar-refractivity contribution in [3.05, 3.63) is 65.2 Å². The van der Waals surface area contributed by atoms with Crippen LogP contribution in [0.4, 0.5) is 0 Å². The predicted molar refractivity (Wildman–Crippen MR) is 89.1 cm³/mol. The van der Waals surface area contributed by atoms with E-state index in [-0.39, 0.29) is 5.52 Å². The number of rotatable bonds is 5. The molecule has 21 heavy (non-hydrogen) atoms. The summed E-state index contributed by atoms with van der Waals surface area (Å²) in [6.45, 7) is 5.77. The Morgan fingerprint density at radius 1 is 0.952 bits per heavy atom. The van der Waals surface area contributed by atoms with Crippen molar-refractivity contribution in [2.75, 3.05) is 6.16 Å². The molecule has 0 aliphatic rings. The van der Waals surface area contributed by atoms with Gasteiger partial charge < -0.3 is 4.57 Å². The molecule has 2 aromatic carbocycles.